The smallest absolute Gasteiger partial charge is 0.191 e. The molecule has 1 aromatic heterocycles. The molecule has 1 aliphatic heterocycles. The number of piperidine rings is 1. The summed E-state index contributed by atoms with van der Waals surface area (Å²) in [6.45, 7) is 12.9. The number of aromatic nitrogens is 2. The van der Waals surface area contributed by atoms with Gasteiger partial charge in [0.2, 0.25) is 0 Å². The van der Waals surface area contributed by atoms with E-state index in [4.69, 9.17) is 4.99 Å². The second-order valence-corrected chi connectivity index (χ2v) is 8.23. The summed E-state index contributed by atoms with van der Waals surface area (Å²) in [7, 11) is 1.97. The molecule has 0 bridgehead atoms. The molecule has 1 aliphatic rings. The van der Waals surface area contributed by atoms with Crippen molar-refractivity contribution in [3.63, 3.8) is 0 Å². The molecule has 1 atom stereocenters. The largest absolute Gasteiger partial charge is 0.367 e. The number of hydrogen-bond acceptors (Lipinski definition) is 3. The van der Waals surface area contributed by atoms with Gasteiger partial charge in [0.1, 0.15) is 0 Å². The van der Waals surface area contributed by atoms with E-state index in [1.54, 1.807) is 0 Å². The zero-order valence-electron chi connectivity index (χ0n) is 16.7. The maximum Gasteiger partial charge on any atom is 0.191 e. The number of nitrogens with zero attached hydrogens (tertiary/aromatic N) is 4. The molecule has 1 fully saturated rings. The molecule has 0 radical (unpaired) electrons. The van der Waals surface area contributed by atoms with Gasteiger partial charge < -0.3 is 15.5 Å². The molecule has 142 valence electrons. The Balaban J connectivity index is 1.87. The van der Waals surface area contributed by atoms with Crippen LogP contribution in [0.3, 0.4) is 0 Å². The molecule has 2 rings (SSSR count). The molecule has 1 unspecified atom stereocenters. The molecule has 2 heterocycles. The highest BCUT2D eigenvalue weighted by molar-refractivity contribution is 5.80. The minimum atomic E-state index is 0.384. The monoisotopic (exact) mass is 348 g/mol. The van der Waals surface area contributed by atoms with Gasteiger partial charge in [0.15, 0.2) is 5.96 Å². The number of rotatable bonds is 6. The maximum atomic E-state index is 4.77. The van der Waals surface area contributed by atoms with Crippen molar-refractivity contribution in [1.29, 1.82) is 0 Å². The van der Waals surface area contributed by atoms with E-state index in [2.05, 4.69) is 54.5 Å². The van der Waals surface area contributed by atoms with Gasteiger partial charge in [-0.05, 0) is 38.0 Å². The van der Waals surface area contributed by atoms with E-state index in [0.717, 1.165) is 38.6 Å². The molecule has 1 aromatic rings. The number of hydrogen-bond donors (Lipinski definition) is 2. The van der Waals surface area contributed by atoms with Crippen LogP contribution in [-0.2, 0) is 7.05 Å². The summed E-state index contributed by atoms with van der Waals surface area (Å²) in [6, 6.07) is 0.425. The van der Waals surface area contributed by atoms with Crippen LogP contribution in [0.25, 0.3) is 0 Å². The Bertz CT molecular complexity index is 542. The van der Waals surface area contributed by atoms with Crippen molar-refractivity contribution in [1.82, 2.24) is 20.4 Å². The first kappa shape index (κ1) is 19.6. The molecular formula is C19H36N6. The molecule has 0 saturated carbocycles. The summed E-state index contributed by atoms with van der Waals surface area (Å²) in [6.07, 6.45) is 8.75. The molecule has 1 saturated heterocycles. The quantitative estimate of drug-likeness (QED) is 0.471. The predicted molar refractivity (Wildman–Crippen MR) is 106 cm³/mol. The van der Waals surface area contributed by atoms with Crippen molar-refractivity contribution in [2.45, 2.75) is 59.4 Å². The van der Waals surface area contributed by atoms with Crippen molar-refractivity contribution in [3.05, 3.63) is 12.4 Å². The summed E-state index contributed by atoms with van der Waals surface area (Å²) >= 11 is 0. The van der Waals surface area contributed by atoms with Crippen molar-refractivity contribution in [2.75, 3.05) is 31.1 Å². The lowest BCUT2D eigenvalue weighted by molar-refractivity contribution is 0.368. The van der Waals surface area contributed by atoms with Gasteiger partial charge in [0.25, 0.3) is 0 Å². The lowest BCUT2D eigenvalue weighted by Crippen LogP contribution is -2.51. The van der Waals surface area contributed by atoms with E-state index in [0.29, 0.717) is 11.5 Å². The van der Waals surface area contributed by atoms with Crippen LogP contribution in [0.5, 0.6) is 0 Å². The SMILES string of the molecule is CCNC(=NCCCC(C)(C)C)NC1CCCN(c2cnn(C)c2)C1. The second kappa shape index (κ2) is 9.11. The summed E-state index contributed by atoms with van der Waals surface area (Å²) in [4.78, 5) is 7.19. The van der Waals surface area contributed by atoms with Crippen LogP contribution < -0.4 is 15.5 Å². The van der Waals surface area contributed by atoms with Gasteiger partial charge in [-0.25, -0.2) is 0 Å². The minimum Gasteiger partial charge on any atom is -0.367 e. The third-order valence-electron chi connectivity index (χ3n) is 4.52. The Hall–Kier alpha value is -1.72. The molecular weight excluding hydrogens is 312 g/mol. The van der Waals surface area contributed by atoms with Gasteiger partial charge in [-0.1, -0.05) is 20.8 Å². The zero-order chi connectivity index (χ0) is 18.3. The van der Waals surface area contributed by atoms with Gasteiger partial charge in [-0.2, -0.15) is 5.10 Å². The summed E-state index contributed by atoms with van der Waals surface area (Å²) < 4.78 is 1.87. The van der Waals surface area contributed by atoms with E-state index in [-0.39, 0.29) is 0 Å². The first-order valence-electron chi connectivity index (χ1n) is 9.66. The molecule has 0 aromatic carbocycles. The molecule has 0 amide bonds. The van der Waals surface area contributed by atoms with E-state index in [9.17, 15) is 0 Å². The highest BCUT2D eigenvalue weighted by atomic mass is 15.3. The van der Waals surface area contributed by atoms with Crippen molar-refractivity contribution in [3.8, 4) is 0 Å². The van der Waals surface area contributed by atoms with Crippen LogP contribution in [0.2, 0.25) is 0 Å². The second-order valence-electron chi connectivity index (χ2n) is 8.23. The molecule has 0 spiro atoms. The highest BCUT2D eigenvalue weighted by Crippen LogP contribution is 2.20. The molecule has 6 nitrogen and oxygen atoms in total. The zero-order valence-corrected chi connectivity index (χ0v) is 16.7. The third kappa shape index (κ3) is 6.96. The maximum absolute atomic E-state index is 4.77. The average Bonchev–Trinajstić information content (AvgIpc) is 2.98. The van der Waals surface area contributed by atoms with Crippen LogP contribution >= 0.6 is 0 Å². The first-order chi connectivity index (χ1) is 11.9. The Labute approximate surface area is 153 Å². The average molecular weight is 349 g/mol. The number of aliphatic imine (C=N–C) groups is 1. The van der Waals surface area contributed by atoms with Crippen molar-refractivity contribution in [2.24, 2.45) is 17.5 Å². The van der Waals surface area contributed by atoms with Gasteiger partial charge in [-0.3, -0.25) is 9.67 Å². The van der Waals surface area contributed by atoms with Crippen molar-refractivity contribution >= 4 is 11.6 Å². The Morgan fingerprint density at radius 3 is 2.84 bits per heavy atom. The molecule has 6 heteroatoms. The molecule has 0 aliphatic carbocycles. The fourth-order valence-electron chi connectivity index (χ4n) is 3.21. The lowest BCUT2D eigenvalue weighted by atomic mass is 9.91. The summed E-state index contributed by atoms with van der Waals surface area (Å²) in [5.41, 5.74) is 1.59. The third-order valence-corrected chi connectivity index (χ3v) is 4.52. The predicted octanol–water partition coefficient (Wildman–Crippen LogP) is 2.77. The topological polar surface area (TPSA) is 57.5 Å². The molecule has 25 heavy (non-hydrogen) atoms. The van der Waals surface area contributed by atoms with Gasteiger partial charge >= 0.3 is 0 Å². The van der Waals surface area contributed by atoms with Crippen LogP contribution in [0, 0.1) is 5.41 Å². The van der Waals surface area contributed by atoms with Crippen LogP contribution in [0.4, 0.5) is 5.69 Å². The number of anilines is 1. The van der Waals surface area contributed by atoms with Crippen LogP contribution in [-0.4, -0.2) is 48.0 Å². The lowest BCUT2D eigenvalue weighted by Gasteiger charge is -2.34. The first-order valence-corrected chi connectivity index (χ1v) is 9.66. The Morgan fingerprint density at radius 2 is 2.20 bits per heavy atom. The van der Waals surface area contributed by atoms with Gasteiger partial charge in [-0.15, -0.1) is 0 Å². The number of aryl methyl sites for hydroxylation is 1. The fourth-order valence-corrected chi connectivity index (χ4v) is 3.21. The van der Waals surface area contributed by atoms with Gasteiger partial charge in [0.05, 0.1) is 11.9 Å². The van der Waals surface area contributed by atoms with Crippen LogP contribution in [0.15, 0.2) is 17.4 Å². The Kier molecular flexibility index (Phi) is 7.14. The fraction of sp³-hybridized carbons (Fsp3) is 0.789. The normalized spacial score (nSPS) is 19.2. The van der Waals surface area contributed by atoms with E-state index < -0.39 is 0 Å². The number of nitrogens with one attached hydrogen (secondary N) is 2. The van der Waals surface area contributed by atoms with Crippen LogP contribution in [0.1, 0.15) is 53.4 Å². The Morgan fingerprint density at radius 1 is 1.40 bits per heavy atom. The molecule has 2 N–H and O–H groups in total. The highest BCUT2D eigenvalue weighted by Gasteiger charge is 2.21. The standard InChI is InChI=1S/C19H36N6/c1-6-20-18(21-11-8-10-19(2,3)4)23-16-9-7-12-25(14-16)17-13-22-24(5)15-17/h13,15-16H,6-12,14H2,1-5H3,(H2,20,21,23). The van der Waals surface area contributed by atoms with Gasteiger partial charge in [0, 0.05) is 45.5 Å². The van der Waals surface area contributed by atoms with E-state index in [1.165, 1.54) is 24.9 Å². The van der Waals surface area contributed by atoms with E-state index in [1.807, 2.05) is 17.9 Å². The van der Waals surface area contributed by atoms with Crippen molar-refractivity contribution < 1.29 is 0 Å². The summed E-state index contributed by atoms with van der Waals surface area (Å²) in [5.74, 6) is 0.953. The summed E-state index contributed by atoms with van der Waals surface area (Å²) in [5, 5.41) is 11.3. The minimum absolute atomic E-state index is 0.384. The van der Waals surface area contributed by atoms with E-state index >= 15 is 0 Å². The number of guanidine groups is 1.